The number of aryl methyl sites for hydroxylation is 1. The van der Waals surface area contributed by atoms with E-state index in [9.17, 15) is 9.90 Å². The minimum absolute atomic E-state index is 0.147. The average Bonchev–Trinajstić information content (AvgIpc) is 3.05. The van der Waals surface area contributed by atoms with Gasteiger partial charge in [0.25, 0.3) is 0 Å². The number of benzene rings is 2. The second-order valence-electron chi connectivity index (χ2n) is 7.68. The van der Waals surface area contributed by atoms with Crippen LogP contribution in [0, 0.1) is 6.92 Å². The lowest BCUT2D eigenvalue weighted by Crippen LogP contribution is -2.45. The molecule has 1 fully saturated rings. The molecule has 4 rings (SSSR count). The summed E-state index contributed by atoms with van der Waals surface area (Å²) in [4.78, 5) is 17.8. The van der Waals surface area contributed by atoms with Gasteiger partial charge >= 0.3 is 0 Å². The minimum Gasteiger partial charge on any atom is -0.507 e. The van der Waals surface area contributed by atoms with Gasteiger partial charge in [-0.15, -0.1) is 0 Å². The summed E-state index contributed by atoms with van der Waals surface area (Å²) in [5, 5.41) is 11.5. The summed E-state index contributed by atoms with van der Waals surface area (Å²) in [6.07, 6.45) is 1.58. The number of carbonyl (C=O) groups excluding carboxylic acids is 1. The second-order valence-corrected chi connectivity index (χ2v) is 8.50. The van der Waals surface area contributed by atoms with Crippen molar-refractivity contribution >= 4 is 35.1 Å². The molecule has 30 heavy (non-hydrogen) atoms. The van der Waals surface area contributed by atoms with Crippen LogP contribution in [0.2, 0.25) is 10.0 Å². The fourth-order valence-corrected chi connectivity index (χ4v) is 4.51. The number of ketones is 1. The molecule has 0 bridgehead atoms. The van der Waals surface area contributed by atoms with Crippen LogP contribution in [0.5, 0.6) is 11.5 Å². The Hall–Kier alpha value is -2.05. The fraction of sp³-hybridized carbons (Fsp3) is 0.348. The molecule has 2 aliphatic heterocycles. The molecule has 0 atom stereocenters. The zero-order valence-electron chi connectivity index (χ0n) is 17.0. The smallest absolute Gasteiger partial charge is 0.232 e. The van der Waals surface area contributed by atoms with Gasteiger partial charge in [0.2, 0.25) is 5.78 Å². The van der Waals surface area contributed by atoms with Crippen LogP contribution in [0.1, 0.15) is 34.0 Å². The van der Waals surface area contributed by atoms with Gasteiger partial charge in [-0.25, -0.2) is 0 Å². The largest absolute Gasteiger partial charge is 0.507 e. The maximum absolute atomic E-state index is 13.1. The van der Waals surface area contributed by atoms with Crippen LogP contribution in [0.3, 0.4) is 0 Å². The van der Waals surface area contributed by atoms with Crippen LogP contribution in [0.4, 0.5) is 0 Å². The van der Waals surface area contributed by atoms with Crippen molar-refractivity contribution in [1.29, 1.82) is 0 Å². The maximum Gasteiger partial charge on any atom is 0.232 e. The quantitative estimate of drug-likeness (QED) is 0.685. The number of allylic oxidation sites excluding steroid dienone is 1. The van der Waals surface area contributed by atoms with E-state index in [0.717, 1.165) is 32.7 Å². The molecule has 2 aliphatic rings. The number of likely N-dealkylation sites (N-methyl/N-ethyl adjacent to an activating group) is 1. The first-order chi connectivity index (χ1) is 14.4. The molecule has 0 radical (unpaired) electrons. The fourth-order valence-electron chi connectivity index (χ4n) is 4.00. The van der Waals surface area contributed by atoms with E-state index in [0.29, 0.717) is 44.6 Å². The summed E-state index contributed by atoms with van der Waals surface area (Å²) < 4.78 is 6.01. The number of hydrogen-bond donors (Lipinski definition) is 1. The van der Waals surface area contributed by atoms with Crippen molar-refractivity contribution in [3.05, 3.63) is 62.3 Å². The molecule has 0 aliphatic carbocycles. The Morgan fingerprint density at radius 3 is 2.40 bits per heavy atom. The first kappa shape index (κ1) is 21.2. The Kier molecular flexibility index (Phi) is 6.07. The maximum atomic E-state index is 13.1. The lowest BCUT2D eigenvalue weighted by molar-refractivity contribution is 0.101. The van der Waals surface area contributed by atoms with Crippen molar-refractivity contribution < 1.29 is 14.6 Å². The summed E-state index contributed by atoms with van der Waals surface area (Å²) in [7, 11) is 0. The second kappa shape index (κ2) is 8.60. The van der Waals surface area contributed by atoms with E-state index in [4.69, 9.17) is 27.9 Å². The molecular formula is C23H24Cl2N2O3. The highest BCUT2D eigenvalue weighted by atomic mass is 35.5. The lowest BCUT2D eigenvalue weighted by atomic mass is 9.99. The van der Waals surface area contributed by atoms with E-state index in [1.165, 1.54) is 0 Å². The molecule has 0 aromatic heterocycles. The van der Waals surface area contributed by atoms with Crippen molar-refractivity contribution in [2.75, 3.05) is 32.7 Å². The Morgan fingerprint density at radius 2 is 1.77 bits per heavy atom. The Morgan fingerprint density at radius 1 is 1.13 bits per heavy atom. The van der Waals surface area contributed by atoms with Crippen molar-refractivity contribution in [3.8, 4) is 11.5 Å². The zero-order chi connectivity index (χ0) is 21.4. The van der Waals surface area contributed by atoms with E-state index in [1.807, 2.05) is 0 Å². The van der Waals surface area contributed by atoms with Gasteiger partial charge in [-0.1, -0.05) is 36.2 Å². The summed E-state index contributed by atoms with van der Waals surface area (Å²) in [5.41, 5.74) is 2.35. The van der Waals surface area contributed by atoms with E-state index in [1.54, 1.807) is 37.3 Å². The number of piperazine rings is 1. The normalized spacial score (nSPS) is 18.7. The Labute approximate surface area is 186 Å². The predicted octanol–water partition coefficient (Wildman–Crippen LogP) is 4.76. The van der Waals surface area contributed by atoms with Gasteiger partial charge in [0.1, 0.15) is 11.5 Å². The molecular weight excluding hydrogens is 423 g/mol. The standard InChI is InChI=1S/C23H24Cl2N2O3/c1-3-26-7-9-27(10-8-26)13-16-19(28)11-14(2)21-22(29)20(30-23(16)21)12-15-17(24)5-4-6-18(15)25/h4-6,11-12,28H,3,7-10,13H2,1-2H3/b20-12-. The van der Waals surface area contributed by atoms with Gasteiger partial charge in [0.05, 0.1) is 11.1 Å². The van der Waals surface area contributed by atoms with Crippen molar-refractivity contribution in [1.82, 2.24) is 9.80 Å². The van der Waals surface area contributed by atoms with Crippen molar-refractivity contribution in [3.63, 3.8) is 0 Å². The first-order valence-corrected chi connectivity index (χ1v) is 10.8. The number of carbonyl (C=O) groups is 1. The van der Waals surface area contributed by atoms with Gasteiger partial charge in [-0.2, -0.15) is 0 Å². The third kappa shape index (κ3) is 3.95. The van der Waals surface area contributed by atoms with Crippen LogP contribution in [-0.4, -0.2) is 53.4 Å². The topological polar surface area (TPSA) is 53.0 Å². The van der Waals surface area contributed by atoms with Crippen LogP contribution in [-0.2, 0) is 6.54 Å². The third-order valence-corrected chi connectivity index (χ3v) is 6.45. The SMILES string of the molecule is CCN1CCN(Cc2c(O)cc(C)c3c2O/C(=C\c2c(Cl)cccc2Cl)C3=O)CC1. The highest BCUT2D eigenvalue weighted by Gasteiger charge is 2.34. The van der Waals surface area contributed by atoms with Gasteiger partial charge in [0, 0.05) is 48.3 Å². The van der Waals surface area contributed by atoms with Gasteiger partial charge in [0.15, 0.2) is 5.76 Å². The van der Waals surface area contributed by atoms with Gasteiger partial charge in [-0.05, 0) is 43.3 Å². The highest BCUT2D eigenvalue weighted by molar-refractivity contribution is 6.37. The number of phenols is 1. The molecule has 1 saturated heterocycles. The van der Waals surface area contributed by atoms with E-state index in [-0.39, 0.29) is 17.3 Å². The number of aromatic hydroxyl groups is 1. The number of ether oxygens (including phenoxy) is 1. The third-order valence-electron chi connectivity index (χ3n) is 5.79. The first-order valence-electron chi connectivity index (χ1n) is 10.1. The van der Waals surface area contributed by atoms with Crippen LogP contribution >= 0.6 is 23.2 Å². The monoisotopic (exact) mass is 446 g/mol. The van der Waals surface area contributed by atoms with E-state index >= 15 is 0 Å². The molecule has 0 saturated carbocycles. The van der Waals surface area contributed by atoms with Crippen LogP contribution in [0.15, 0.2) is 30.0 Å². The summed E-state index contributed by atoms with van der Waals surface area (Å²) >= 11 is 12.5. The Bertz CT molecular complexity index is 1010. The molecule has 158 valence electrons. The number of rotatable bonds is 4. The molecule has 2 heterocycles. The zero-order valence-corrected chi connectivity index (χ0v) is 18.6. The summed E-state index contributed by atoms with van der Waals surface area (Å²) in [6.45, 7) is 9.31. The molecule has 0 unspecified atom stereocenters. The lowest BCUT2D eigenvalue weighted by Gasteiger charge is -2.34. The number of phenolic OH excluding ortho intramolecular Hbond substituents is 1. The molecule has 7 heteroatoms. The minimum atomic E-state index is -0.226. The van der Waals surface area contributed by atoms with Crippen molar-refractivity contribution in [2.24, 2.45) is 0 Å². The Balaban J connectivity index is 1.67. The molecule has 2 aromatic rings. The highest BCUT2D eigenvalue weighted by Crippen LogP contribution is 2.43. The number of hydrogen-bond acceptors (Lipinski definition) is 5. The molecule has 0 amide bonds. The van der Waals surface area contributed by atoms with Gasteiger partial charge < -0.3 is 14.7 Å². The molecule has 0 spiro atoms. The van der Waals surface area contributed by atoms with Crippen LogP contribution < -0.4 is 4.74 Å². The summed E-state index contributed by atoms with van der Waals surface area (Å²) in [6, 6.07) is 6.82. The number of Topliss-reactive ketones (excluding diaryl/α,β-unsaturated/α-hetero) is 1. The number of halogens is 2. The van der Waals surface area contributed by atoms with E-state index in [2.05, 4.69) is 16.7 Å². The van der Waals surface area contributed by atoms with Crippen LogP contribution in [0.25, 0.3) is 6.08 Å². The van der Waals surface area contributed by atoms with Gasteiger partial charge in [-0.3, -0.25) is 9.69 Å². The molecule has 2 aromatic carbocycles. The predicted molar refractivity (Wildman–Crippen MR) is 120 cm³/mol. The number of nitrogens with zero attached hydrogens (tertiary/aromatic N) is 2. The molecule has 1 N–H and O–H groups in total. The summed E-state index contributed by atoms with van der Waals surface area (Å²) in [5.74, 6) is 0.514. The average molecular weight is 447 g/mol. The van der Waals surface area contributed by atoms with E-state index < -0.39 is 0 Å². The molecule has 5 nitrogen and oxygen atoms in total. The van der Waals surface area contributed by atoms with Crippen molar-refractivity contribution in [2.45, 2.75) is 20.4 Å². The number of fused-ring (bicyclic) bond motifs is 1.